The van der Waals surface area contributed by atoms with E-state index in [4.69, 9.17) is 0 Å². The third-order valence-electron chi connectivity index (χ3n) is 6.74. The number of Topliss-reactive ketones (excluding diaryl/α,β-unsaturated/α-hetero) is 1. The van der Waals surface area contributed by atoms with Crippen molar-refractivity contribution >= 4 is 25.2 Å². The molecule has 8 heteroatoms. The molecule has 1 aromatic rings. The number of carboxylic acid groups (broad SMARTS) is 1. The van der Waals surface area contributed by atoms with Gasteiger partial charge in [0.2, 0.25) is 7.37 Å². The summed E-state index contributed by atoms with van der Waals surface area (Å²) in [5.41, 5.74) is 0.136. The molecule has 0 aromatic heterocycles. The summed E-state index contributed by atoms with van der Waals surface area (Å²) in [6.45, 7) is 3.88. The van der Waals surface area contributed by atoms with Crippen molar-refractivity contribution in [3.63, 3.8) is 0 Å². The minimum Gasteiger partial charge on any atom is -0.435 e. The van der Waals surface area contributed by atoms with Crippen molar-refractivity contribution in [3.8, 4) is 0 Å². The van der Waals surface area contributed by atoms with Crippen LogP contribution in [0.15, 0.2) is 30.3 Å². The molecule has 32 heavy (non-hydrogen) atoms. The third kappa shape index (κ3) is 6.60. The quantitative estimate of drug-likeness (QED) is 0.255. The second-order valence-corrected chi connectivity index (χ2v) is 11.6. The second kappa shape index (κ2) is 11.9. The van der Waals surface area contributed by atoms with Gasteiger partial charge in [-0.15, -0.1) is 0 Å². The molecule has 0 saturated carbocycles. The number of likely N-dealkylation sites (tertiary alicyclic amines) is 1. The lowest BCUT2D eigenvalue weighted by Crippen LogP contribution is -2.59. The average Bonchev–Trinajstić information content (AvgIpc) is 3.14. The Morgan fingerprint density at radius 1 is 1.19 bits per heavy atom. The van der Waals surface area contributed by atoms with Gasteiger partial charge in [-0.2, -0.15) is 9.28 Å². The van der Waals surface area contributed by atoms with Gasteiger partial charge in [-0.25, -0.2) is 4.79 Å². The molecule has 2 amide bonds. The lowest BCUT2D eigenvalue weighted by molar-refractivity contribution is -0.791. The number of rotatable bonds is 12. The first kappa shape index (κ1) is 26.4. The number of hydrogen-bond acceptors (Lipinski definition) is 4. The highest BCUT2D eigenvalue weighted by Gasteiger charge is 2.54. The Morgan fingerprint density at radius 2 is 1.88 bits per heavy atom. The third-order valence-corrected chi connectivity index (χ3v) is 9.04. The average molecular weight is 467 g/mol. The van der Waals surface area contributed by atoms with Gasteiger partial charge < -0.3 is 10.00 Å². The molecule has 0 aliphatic carbocycles. The van der Waals surface area contributed by atoms with E-state index in [1.54, 1.807) is 6.92 Å². The van der Waals surface area contributed by atoms with E-state index >= 15 is 0 Å². The number of imide groups is 1. The van der Waals surface area contributed by atoms with E-state index in [0.717, 1.165) is 24.8 Å². The molecule has 2 N–H and O–H groups in total. The van der Waals surface area contributed by atoms with Crippen molar-refractivity contribution < 1.29 is 33.4 Å². The molecule has 1 aromatic carbocycles. The Kier molecular flexibility index (Phi) is 9.81. The van der Waals surface area contributed by atoms with E-state index in [9.17, 15) is 28.9 Å². The van der Waals surface area contributed by atoms with Crippen LogP contribution in [0.1, 0.15) is 70.8 Å². The molecule has 1 heterocycles. The Hall–Kier alpha value is -1.82. The largest absolute Gasteiger partial charge is 0.521 e. The Bertz CT molecular complexity index is 842. The molecule has 1 fully saturated rings. The summed E-state index contributed by atoms with van der Waals surface area (Å²) in [5, 5.41) is 9.78. The van der Waals surface area contributed by atoms with E-state index in [1.807, 2.05) is 37.3 Å². The SMILES string of the molecule is CCCCCC(=O)CC(CCc1ccccc1)P(=O)(O)CC(=O)[N+]1(C(=O)O)CCC[C@H]1C. The Balaban J connectivity index is 2.18. The molecule has 1 aliphatic heterocycles. The zero-order chi connectivity index (χ0) is 23.8. The maximum absolute atomic E-state index is 13.4. The first-order valence-corrected chi connectivity index (χ1v) is 13.6. The number of carbonyl (C=O) groups is 3. The lowest BCUT2D eigenvalue weighted by atomic mass is 10.0. The topological polar surface area (TPSA) is 109 Å². The molecule has 4 atom stereocenters. The maximum atomic E-state index is 13.4. The van der Waals surface area contributed by atoms with Gasteiger partial charge in [-0.3, -0.25) is 9.36 Å². The first-order chi connectivity index (χ1) is 15.1. The standard InChI is InChI=1S/C24H36NO6P/c1-3-4-6-13-21(26)17-22(15-14-20-11-7-5-8-12-20)32(30,31)18-23(27)25(24(28)29)16-9-10-19(25)2/h5,7-8,11-12,19,22H,3-4,6,9-10,13-18H2,1-2H3,(H-,28,29,30,31)/p+1/t19-,22?,25?/m1/s1. The van der Waals surface area contributed by atoms with Crippen LogP contribution in [0.25, 0.3) is 0 Å². The van der Waals surface area contributed by atoms with Gasteiger partial charge in [-0.05, 0) is 31.7 Å². The molecule has 0 bridgehead atoms. The normalized spacial score (nSPS) is 23.4. The van der Waals surface area contributed by atoms with Gasteiger partial charge in [0, 0.05) is 31.3 Å². The maximum Gasteiger partial charge on any atom is 0.521 e. The molecule has 3 unspecified atom stereocenters. The molecule has 1 saturated heterocycles. The number of carbonyl (C=O) groups excluding carboxylic acids is 2. The van der Waals surface area contributed by atoms with Crippen LogP contribution < -0.4 is 0 Å². The highest BCUT2D eigenvalue weighted by atomic mass is 31.2. The van der Waals surface area contributed by atoms with Crippen LogP contribution in [0.3, 0.4) is 0 Å². The Morgan fingerprint density at radius 3 is 2.44 bits per heavy atom. The minimum atomic E-state index is -4.10. The van der Waals surface area contributed by atoms with Crippen LogP contribution >= 0.6 is 7.37 Å². The molecule has 0 radical (unpaired) electrons. The van der Waals surface area contributed by atoms with Crippen molar-refractivity contribution in [2.75, 3.05) is 12.7 Å². The van der Waals surface area contributed by atoms with Gasteiger partial charge in [-0.1, -0.05) is 50.1 Å². The van der Waals surface area contributed by atoms with Crippen LogP contribution in [0.5, 0.6) is 0 Å². The summed E-state index contributed by atoms with van der Waals surface area (Å²) >= 11 is 0. The van der Waals surface area contributed by atoms with Crippen LogP contribution in [-0.2, 0) is 20.6 Å². The van der Waals surface area contributed by atoms with E-state index in [0.29, 0.717) is 32.1 Å². The lowest BCUT2D eigenvalue weighted by Gasteiger charge is -2.31. The number of amides is 2. The van der Waals surface area contributed by atoms with Gasteiger partial charge in [0.25, 0.3) is 0 Å². The molecule has 7 nitrogen and oxygen atoms in total. The van der Waals surface area contributed by atoms with E-state index < -0.39 is 41.7 Å². The monoisotopic (exact) mass is 466 g/mol. The fourth-order valence-electron chi connectivity index (χ4n) is 4.65. The van der Waals surface area contributed by atoms with Gasteiger partial charge in [0.1, 0.15) is 18.0 Å². The molecular formula is C24H37NO6P+. The number of quaternary nitrogens is 1. The number of benzene rings is 1. The molecule has 2 rings (SSSR count). The first-order valence-electron chi connectivity index (χ1n) is 11.6. The van der Waals surface area contributed by atoms with Crippen LogP contribution in [0.4, 0.5) is 4.79 Å². The second-order valence-electron chi connectivity index (χ2n) is 9.05. The summed E-state index contributed by atoms with van der Waals surface area (Å²) in [4.78, 5) is 48.6. The fraction of sp³-hybridized carbons (Fsp3) is 0.625. The predicted molar refractivity (Wildman–Crippen MR) is 124 cm³/mol. The van der Waals surface area contributed by atoms with Crippen molar-refractivity contribution in [2.24, 2.45) is 0 Å². The van der Waals surface area contributed by atoms with Crippen LogP contribution in [-0.4, -0.2) is 56.7 Å². The Labute approximate surface area is 190 Å². The number of ketones is 1. The number of nitrogens with zero attached hydrogens (tertiary/aromatic N) is 1. The smallest absolute Gasteiger partial charge is 0.435 e. The summed E-state index contributed by atoms with van der Waals surface area (Å²) in [6.07, 6.45) is 2.96. The van der Waals surface area contributed by atoms with Gasteiger partial charge >= 0.3 is 12.0 Å². The van der Waals surface area contributed by atoms with Crippen LogP contribution in [0, 0.1) is 0 Å². The zero-order valence-corrected chi connectivity index (χ0v) is 20.1. The van der Waals surface area contributed by atoms with Crippen molar-refractivity contribution in [3.05, 3.63) is 35.9 Å². The predicted octanol–water partition coefficient (Wildman–Crippen LogP) is 5.00. The summed E-state index contributed by atoms with van der Waals surface area (Å²) in [7, 11) is -4.10. The summed E-state index contributed by atoms with van der Waals surface area (Å²) in [5.74, 6) is -0.800. The molecule has 178 valence electrons. The summed E-state index contributed by atoms with van der Waals surface area (Å²) < 4.78 is 12.6. The molecular weight excluding hydrogens is 429 g/mol. The van der Waals surface area contributed by atoms with E-state index in [-0.39, 0.29) is 18.7 Å². The van der Waals surface area contributed by atoms with Crippen molar-refractivity contribution in [2.45, 2.75) is 83.3 Å². The van der Waals surface area contributed by atoms with E-state index in [1.165, 1.54) is 0 Å². The minimum absolute atomic E-state index is 0.0553. The fourth-order valence-corrected chi connectivity index (χ4v) is 6.57. The molecule has 0 spiro atoms. The summed E-state index contributed by atoms with van der Waals surface area (Å²) in [6, 6.07) is 9.07. The highest BCUT2D eigenvalue weighted by Crippen LogP contribution is 2.51. The molecule has 1 aliphatic rings. The van der Waals surface area contributed by atoms with Crippen molar-refractivity contribution in [1.82, 2.24) is 0 Å². The number of hydrogen-bond donors (Lipinski definition) is 2. The highest BCUT2D eigenvalue weighted by molar-refractivity contribution is 7.59. The number of aryl methyl sites for hydroxylation is 1. The van der Waals surface area contributed by atoms with Crippen molar-refractivity contribution in [1.29, 1.82) is 0 Å². The van der Waals surface area contributed by atoms with Crippen LogP contribution in [0.2, 0.25) is 0 Å². The number of unbranched alkanes of at least 4 members (excludes halogenated alkanes) is 2. The van der Waals surface area contributed by atoms with Gasteiger partial charge in [0.05, 0.1) is 6.54 Å². The zero-order valence-electron chi connectivity index (χ0n) is 19.2. The van der Waals surface area contributed by atoms with Gasteiger partial charge in [0.15, 0.2) is 0 Å². The van der Waals surface area contributed by atoms with E-state index in [2.05, 4.69) is 0 Å².